The summed E-state index contributed by atoms with van der Waals surface area (Å²) in [5.41, 5.74) is 8.55. The lowest BCUT2D eigenvalue weighted by molar-refractivity contribution is -0.617. The van der Waals surface area contributed by atoms with Crippen molar-refractivity contribution in [3.8, 4) is 0 Å². The Morgan fingerprint density at radius 1 is 0.917 bits per heavy atom. The van der Waals surface area contributed by atoms with Crippen LogP contribution in [-0.2, 0) is 7.05 Å². The standard InChI is InChI=1S/C21H18N3/c1-13-11-12-22-19-15-8-4-5-9-16(15)24-20-14(2)7-6-10-17(20)23(3)21(24)18(13)19/h4-12H,1-3H3/q+1. The van der Waals surface area contributed by atoms with E-state index in [1.165, 1.54) is 44.1 Å². The van der Waals surface area contributed by atoms with Crippen LogP contribution in [0.4, 0.5) is 0 Å². The highest BCUT2D eigenvalue weighted by Gasteiger charge is 2.25. The first-order valence-electron chi connectivity index (χ1n) is 8.24. The fraction of sp³-hybridized carbons (Fsp3) is 0.143. The van der Waals surface area contributed by atoms with E-state index in [-0.39, 0.29) is 0 Å². The molecule has 3 nitrogen and oxygen atoms in total. The molecule has 3 aromatic heterocycles. The Kier molecular flexibility index (Phi) is 2.55. The number of nitrogens with zero attached hydrogens (tertiary/aromatic N) is 3. The van der Waals surface area contributed by atoms with Crippen molar-refractivity contribution in [2.75, 3.05) is 0 Å². The van der Waals surface area contributed by atoms with Crippen molar-refractivity contribution in [2.45, 2.75) is 13.8 Å². The molecule has 3 heteroatoms. The van der Waals surface area contributed by atoms with E-state index >= 15 is 0 Å². The number of aromatic nitrogens is 3. The molecular formula is C21H18N3+. The zero-order valence-corrected chi connectivity index (χ0v) is 14.0. The molecule has 0 atom stereocenters. The Morgan fingerprint density at radius 2 is 1.75 bits per heavy atom. The van der Waals surface area contributed by atoms with Gasteiger partial charge in [0.15, 0.2) is 11.0 Å². The predicted octanol–water partition coefficient (Wildman–Crippen LogP) is 4.24. The van der Waals surface area contributed by atoms with Gasteiger partial charge in [-0.1, -0.05) is 24.3 Å². The van der Waals surface area contributed by atoms with E-state index in [1.807, 2.05) is 6.20 Å². The maximum Gasteiger partial charge on any atom is 0.297 e. The second-order valence-electron chi connectivity index (χ2n) is 6.53. The highest BCUT2D eigenvalue weighted by Crippen LogP contribution is 2.32. The molecule has 0 aliphatic carbocycles. The molecule has 0 unspecified atom stereocenters. The first kappa shape index (κ1) is 13.5. The van der Waals surface area contributed by atoms with Gasteiger partial charge in [0.2, 0.25) is 0 Å². The van der Waals surface area contributed by atoms with E-state index < -0.39 is 0 Å². The minimum absolute atomic E-state index is 1.08. The van der Waals surface area contributed by atoms with Crippen LogP contribution >= 0.6 is 0 Å². The maximum atomic E-state index is 4.73. The van der Waals surface area contributed by atoms with Crippen LogP contribution in [0.25, 0.3) is 38.5 Å². The minimum atomic E-state index is 1.08. The van der Waals surface area contributed by atoms with Gasteiger partial charge in [0.05, 0.1) is 18.0 Å². The molecule has 0 radical (unpaired) electrons. The number of para-hydroxylation sites is 2. The molecule has 0 amide bonds. The van der Waals surface area contributed by atoms with Gasteiger partial charge in [0, 0.05) is 17.1 Å². The predicted molar refractivity (Wildman–Crippen MR) is 98.4 cm³/mol. The van der Waals surface area contributed by atoms with Crippen LogP contribution in [0.1, 0.15) is 11.1 Å². The number of rotatable bonds is 0. The number of imidazole rings is 1. The third kappa shape index (κ3) is 1.51. The van der Waals surface area contributed by atoms with Crippen molar-refractivity contribution in [1.82, 2.24) is 9.38 Å². The molecule has 24 heavy (non-hydrogen) atoms. The van der Waals surface area contributed by atoms with E-state index in [9.17, 15) is 0 Å². The number of hydrogen-bond acceptors (Lipinski definition) is 1. The topological polar surface area (TPSA) is 21.2 Å². The number of benzene rings is 2. The molecule has 0 N–H and O–H groups in total. The fourth-order valence-corrected chi connectivity index (χ4v) is 4.00. The molecule has 0 aliphatic heterocycles. The summed E-state index contributed by atoms with van der Waals surface area (Å²) in [6.45, 7) is 4.35. The molecule has 2 aromatic carbocycles. The molecule has 116 valence electrons. The average Bonchev–Trinajstić information content (AvgIpc) is 2.90. The first-order chi connectivity index (χ1) is 11.7. The van der Waals surface area contributed by atoms with E-state index in [2.05, 4.69) is 78.4 Å². The highest BCUT2D eigenvalue weighted by molar-refractivity contribution is 6.11. The minimum Gasteiger partial charge on any atom is -0.255 e. The average molecular weight is 312 g/mol. The third-order valence-electron chi connectivity index (χ3n) is 5.11. The van der Waals surface area contributed by atoms with Gasteiger partial charge >= 0.3 is 0 Å². The van der Waals surface area contributed by atoms with Crippen LogP contribution in [0.15, 0.2) is 54.7 Å². The summed E-state index contributed by atoms with van der Waals surface area (Å²) in [5, 5.41) is 2.43. The van der Waals surface area contributed by atoms with Crippen molar-refractivity contribution in [3.05, 3.63) is 65.9 Å². The summed E-state index contributed by atoms with van der Waals surface area (Å²) in [4.78, 5) is 4.73. The summed E-state index contributed by atoms with van der Waals surface area (Å²) in [6.07, 6.45) is 1.91. The van der Waals surface area contributed by atoms with Gasteiger partial charge in [-0.2, -0.15) is 4.40 Å². The lowest BCUT2D eigenvalue weighted by Crippen LogP contribution is -2.27. The molecule has 3 heterocycles. The van der Waals surface area contributed by atoms with Crippen molar-refractivity contribution in [3.63, 3.8) is 0 Å². The lowest BCUT2D eigenvalue weighted by Gasteiger charge is -2.06. The van der Waals surface area contributed by atoms with E-state index in [0.29, 0.717) is 0 Å². The molecule has 5 rings (SSSR count). The summed E-state index contributed by atoms with van der Waals surface area (Å²) in [6, 6.07) is 17.2. The van der Waals surface area contributed by atoms with Gasteiger partial charge in [0.1, 0.15) is 5.52 Å². The molecule has 0 saturated carbocycles. The van der Waals surface area contributed by atoms with Crippen LogP contribution in [-0.4, -0.2) is 9.38 Å². The summed E-state index contributed by atoms with van der Waals surface area (Å²) in [7, 11) is 2.15. The molecular weight excluding hydrogens is 294 g/mol. The van der Waals surface area contributed by atoms with Gasteiger partial charge < -0.3 is 0 Å². The van der Waals surface area contributed by atoms with Crippen molar-refractivity contribution in [1.29, 1.82) is 0 Å². The van der Waals surface area contributed by atoms with E-state index in [0.717, 1.165) is 5.52 Å². The van der Waals surface area contributed by atoms with Crippen LogP contribution in [0, 0.1) is 13.8 Å². The normalized spacial score (nSPS) is 12.0. The molecule has 0 spiro atoms. The van der Waals surface area contributed by atoms with Gasteiger partial charge in [0.25, 0.3) is 5.65 Å². The summed E-state index contributed by atoms with van der Waals surface area (Å²) >= 11 is 0. The van der Waals surface area contributed by atoms with Crippen molar-refractivity contribution < 1.29 is 4.57 Å². The SMILES string of the molecule is Cc1ccnc2c3ccccc3n3c4c(C)cccc4[n+](C)c3c12. The zero-order valence-electron chi connectivity index (χ0n) is 14.0. The van der Waals surface area contributed by atoms with Crippen LogP contribution in [0.3, 0.4) is 0 Å². The molecule has 0 saturated heterocycles. The first-order valence-corrected chi connectivity index (χ1v) is 8.24. The summed E-state index contributed by atoms with van der Waals surface area (Å²) < 4.78 is 4.70. The number of hydrogen-bond donors (Lipinski definition) is 0. The van der Waals surface area contributed by atoms with Crippen molar-refractivity contribution in [2.24, 2.45) is 7.05 Å². The highest BCUT2D eigenvalue weighted by atomic mass is 15.1. The Morgan fingerprint density at radius 3 is 2.62 bits per heavy atom. The maximum absolute atomic E-state index is 4.73. The van der Waals surface area contributed by atoms with Crippen LogP contribution in [0.2, 0.25) is 0 Å². The van der Waals surface area contributed by atoms with Gasteiger partial charge in [-0.05, 0) is 43.7 Å². The van der Waals surface area contributed by atoms with Crippen molar-refractivity contribution >= 4 is 38.5 Å². The number of fused-ring (bicyclic) bond motifs is 8. The zero-order chi connectivity index (χ0) is 16.4. The quantitative estimate of drug-likeness (QED) is 0.309. The van der Waals surface area contributed by atoms with Crippen LogP contribution in [0.5, 0.6) is 0 Å². The molecule has 5 aromatic rings. The Bertz CT molecular complexity index is 1280. The van der Waals surface area contributed by atoms with E-state index in [1.54, 1.807) is 0 Å². The molecule has 0 fully saturated rings. The largest absolute Gasteiger partial charge is 0.297 e. The number of aryl methyl sites for hydroxylation is 3. The Balaban J connectivity index is 2.31. The van der Waals surface area contributed by atoms with E-state index in [4.69, 9.17) is 4.98 Å². The Hall–Kier alpha value is -2.94. The summed E-state index contributed by atoms with van der Waals surface area (Å²) in [5.74, 6) is 0. The second-order valence-corrected chi connectivity index (χ2v) is 6.53. The number of pyridine rings is 2. The molecule has 0 bridgehead atoms. The monoisotopic (exact) mass is 312 g/mol. The third-order valence-corrected chi connectivity index (χ3v) is 5.11. The van der Waals surface area contributed by atoms with Gasteiger partial charge in [-0.3, -0.25) is 4.98 Å². The van der Waals surface area contributed by atoms with Crippen LogP contribution < -0.4 is 4.57 Å². The lowest BCUT2D eigenvalue weighted by atomic mass is 10.1. The molecule has 0 aliphatic rings. The smallest absolute Gasteiger partial charge is 0.255 e. The second kappa shape index (κ2) is 4.54. The fourth-order valence-electron chi connectivity index (χ4n) is 4.00. The van der Waals surface area contributed by atoms with Gasteiger partial charge in [-0.25, -0.2) is 4.57 Å². The Labute approximate surface area is 139 Å². The van der Waals surface area contributed by atoms with Gasteiger partial charge in [-0.15, -0.1) is 0 Å².